The van der Waals surface area contributed by atoms with Crippen molar-refractivity contribution in [3.63, 3.8) is 0 Å². The summed E-state index contributed by atoms with van der Waals surface area (Å²) in [6, 6.07) is 7.54. The van der Waals surface area contributed by atoms with Gasteiger partial charge in [-0.2, -0.15) is 0 Å². The Morgan fingerprint density at radius 2 is 2.00 bits per heavy atom. The Morgan fingerprint density at radius 3 is 2.46 bits per heavy atom. The summed E-state index contributed by atoms with van der Waals surface area (Å²) >= 11 is 2.21. The van der Waals surface area contributed by atoms with Crippen molar-refractivity contribution < 1.29 is 4.79 Å². The largest absolute Gasteiger partial charge is 0.330 e. The first-order chi connectivity index (χ1) is 6.15. The number of rotatable bonds is 3. The summed E-state index contributed by atoms with van der Waals surface area (Å²) < 4.78 is 1.13. The molecule has 0 aromatic heterocycles. The second-order valence-corrected chi connectivity index (χ2v) is 4.25. The number of carbonyl (C=O) groups is 1. The minimum atomic E-state index is -0.0833. The predicted octanol–water partition coefficient (Wildman–Crippen LogP) is 2.07. The van der Waals surface area contributed by atoms with Crippen molar-refractivity contribution in [2.24, 2.45) is 11.7 Å². The maximum Gasteiger partial charge on any atom is 0.166 e. The predicted molar refractivity (Wildman–Crippen MR) is 61.7 cm³/mol. The average molecular weight is 289 g/mol. The van der Waals surface area contributed by atoms with Crippen LogP contribution in [0.2, 0.25) is 0 Å². The van der Waals surface area contributed by atoms with Crippen LogP contribution >= 0.6 is 22.6 Å². The van der Waals surface area contributed by atoms with Gasteiger partial charge >= 0.3 is 0 Å². The zero-order chi connectivity index (χ0) is 9.84. The molecule has 0 aliphatic heterocycles. The van der Waals surface area contributed by atoms with Crippen molar-refractivity contribution in [3.8, 4) is 0 Å². The van der Waals surface area contributed by atoms with Crippen LogP contribution in [-0.4, -0.2) is 12.3 Å². The maximum absolute atomic E-state index is 11.6. The van der Waals surface area contributed by atoms with Gasteiger partial charge in [0.05, 0.1) is 0 Å². The highest BCUT2D eigenvalue weighted by Gasteiger charge is 2.12. The van der Waals surface area contributed by atoms with Crippen molar-refractivity contribution in [1.82, 2.24) is 0 Å². The summed E-state index contributed by atoms with van der Waals surface area (Å²) in [7, 11) is 0. The molecular formula is C10H12INO. The first kappa shape index (κ1) is 10.7. The van der Waals surface area contributed by atoms with E-state index in [4.69, 9.17) is 5.73 Å². The van der Waals surface area contributed by atoms with Crippen LogP contribution in [0.1, 0.15) is 17.3 Å². The smallest absolute Gasteiger partial charge is 0.166 e. The number of hydrogen-bond donors (Lipinski definition) is 1. The minimum absolute atomic E-state index is 0.0833. The van der Waals surface area contributed by atoms with Gasteiger partial charge in [0, 0.05) is 21.6 Å². The fraction of sp³-hybridized carbons (Fsp3) is 0.300. The van der Waals surface area contributed by atoms with Gasteiger partial charge in [-0.15, -0.1) is 0 Å². The molecule has 1 aromatic carbocycles. The molecule has 1 atom stereocenters. The highest BCUT2D eigenvalue weighted by Crippen LogP contribution is 2.10. The maximum atomic E-state index is 11.6. The highest BCUT2D eigenvalue weighted by molar-refractivity contribution is 14.1. The van der Waals surface area contributed by atoms with Crippen LogP contribution in [0.4, 0.5) is 0 Å². The van der Waals surface area contributed by atoms with Crippen LogP contribution in [0.5, 0.6) is 0 Å². The van der Waals surface area contributed by atoms with Gasteiger partial charge in [-0.05, 0) is 34.7 Å². The summed E-state index contributed by atoms with van der Waals surface area (Å²) in [5.74, 6) is 0.0407. The van der Waals surface area contributed by atoms with Crippen molar-refractivity contribution in [2.75, 3.05) is 6.54 Å². The number of nitrogens with two attached hydrogens (primary N) is 1. The van der Waals surface area contributed by atoms with E-state index in [0.29, 0.717) is 6.54 Å². The topological polar surface area (TPSA) is 43.1 Å². The molecule has 0 fully saturated rings. The summed E-state index contributed by atoms with van der Waals surface area (Å²) in [4.78, 5) is 11.6. The lowest BCUT2D eigenvalue weighted by Crippen LogP contribution is -2.20. The number of Topliss-reactive ketones (excluding diaryl/α,β-unsaturated/α-hetero) is 1. The fourth-order valence-electron chi connectivity index (χ4n) is 1.01. The number of carbonyl (C=O) groups excluding carboxylic acids is 1. The van der Waals surface area contributed by atoms with E-state index in [2.05, 4.69) is 22.6 Å². The number of ketones is 1. The molecule has 0 aliphatic rings. The number of halogens is 1. The molecule has 70 valence electrons. The number of benzene rings is 1. The molecular weight excluding hydrogens is 277 g/mol. The molecule has 0 amide bonds. The van der Waals surface area contributed by atoms with Gasteiger partial charge in [-0.25, -0.2) is 0 Å². The van der Waals surface area contributed by atoms with Crippen LogP contribution in [0.15, 0.2) is 24.3 Å². The van der Waals surface area contributed by atoms with Crippen LogP contribution in [-0.2, 0) is 0 Å². The second-order valence-electron chi connectivity index (χ2n) is 3.01. The molecule has 1 rings (SSSR count). The van der Waals surface area contributed by atoms with Crippen molar-refractivity contribution in [3.05, 3.63) is 33.4 Å². The van der Waals surface area contributed by atoms with Gasteiger partial charge in [-0.3, -0.25) is 4.79 Å². The van der Waals surface area contributed by atoms with Crippen molar-refractivity contribution in [1.29, 1.82) is 0 Å². The third-order valence-electron chi connectivity index (χ3n) is 1.93. The Labute approximate surface area is 91.7 Å². The van der Waals surface area contributed by atoms with E-state index in [9.17, 15) is 4.79 Å². The normalized spacial score (nSPS) is 12.5. The monoisotopic (exact) mass is 289 g/mol. The SMILES string of the molecule is CC(CN)C(=O)c1ccc(I)cc1. The van der Waals surface area contributed by atoms with E-state index < -0.39 is 0 Å². The molecule has 0 spiro atoms. The lowest BCUT2D eigenvalue weighted by atomic mass is 10.00. The summed E-state index contributed by atoms with van der Waals surface area (Å²) in [5, 5.41) is 0. The van der Waals surface area contributed by atoms with Crippen molar-refractivity contribution >= 4 is 28.4 Å². The molecule has 0 saturated heterocycles. The Balaban J connectivity index is 2.83. The van der Waals surface area contributed by atoms with Gasteiger partial charge in [0.15, 0.2) is 5.78 Å². The van der Waals surface area contributed by atoms with Crippen LogP contribution in [0.3, 0.4) is 0 Å². The number of hydrogen-bond acceptors (Lipinski definition) is 2. The lowest BCUT2D eigenvalue weighted by Gasteiger charge is -2.06. The molecule has 0 heterocycles. The molecule has 0 bridgehead atoms. The molecule has 13 heavy (non-hydrogen) atoms. The van der Waals surface area contributed by atoms with Crippen LogP contribution < -0.4 is 5.73 Å². The van der Waals surface area contributed by atoms with E-state index >= 15 is 0 Å². The van der Waals surface area contributed by atoms with Gasteiger partial charge in [0.2, 0.25) is 0 Å². The molecule has 1 aromatic rings. The highest BCUT2D eigenvalue weighted by atomic mass is 127. The fourth-order valence-corrected chi connectivity index (χ4v) is 1.37. The Morgan fingerprint density at radius 1 is 1.46 bits per heavy atom. The first-order valence-corrected chi connectivity index (χ1v) is 5.23. The minimum Gasteiger partial charge on any atom is -0.330 e. The van der Waals surface area contributed by atoms with E-state index in [0.717, 1.165) is 9.13 Å². The summed E-state index contributed by atoms with van der Waals surface area (Å²) in [6.45, 7) is 2.26. The summed E-state index contributed by atoms with van der Waals surface area (Å²) in [6.07, 6.45) is 0. The first-order valence-electron chi connectivity index (χ1n) is 4.15. The van der Waals surface area contributed by atoms with Crippen LogP contribution in [0.25, 0.3) is 0 Å². The zero-order valence-electron chi connectivity index (χ0n) is 7.46. The second kappa shape index (κ2) is 4.72. The zero-order valence-corrected chi connectivity index (χ0v) is 9.61. The lowest BCUT2D eigenvalue weighted by molar-refractivity contribution is 0.0934. The molecule has 0 aliphatic carbocycles. The van der Waals surface area contributed by atoms with Crippen LogP contribution in [0, 0.1) is 9.49 Å². The molecule has 0 radical (unpaired) electrons. The molecule has 3 heteroatoms. The Kier molecular flexibility index (Phi) is 3.87. The quantitative estimate of drug-likeness (QED) is 0.684. The Hall–Kier alpha value is -0.420. The third kappa shape index (κ3) is 2.77. The van der Waals surface area contributed by atoms with Gasteiger partial charge in [-0.1, -0.05) is 19.1 Å². The van der Waals surface area contributed by atoms with Gasteiger partial charge < -0.3 is 5.73 Å². The molecule has 2 nitrogen and oxygen atoms in total. The summed E-state index contributed by atoms with van der Waals surface area (Å²) in [5.41, 5.74) is 6.17. The molecule has 2 N–H and O–H groups in total. The molecule has 0 saturated carbocycles. The Bertz CT molecular complexity index is 294. The third-order valence-corrected chi connectivity index (χ3v) is 2.65. The van der Waals surface area contributed by atoms with E-state index in [1.807, 2.05) is 31.2 Å². The molecule has 1 unspecified atom stereocenters. The van der Waals surface area contributed by atoms with E-state index in [1.54, 1.807) is 0 Å². The van der Waals surface area contributed by atoms with E-state index in [-0.39, 0.29) is 11.7 Å². The standard InChI is InChI=1S/C10H12INO/c1-7(6-12)10(13)8-2-4-9(11)5-3-8/h2-5,7H,6,12H2,1H3. The van der Waals surface area contributed by atoms with E-state index in [1.165, 1.54) is 0 Å². The average Bonchev–Trinajstić information content (AvgIpc) is 2.17. The van der Waals surface area contributed by atoms with Gasteiger partial charge in [0.1, 0.15) is 0 Å². The van der Waals surface area contributed by atoms with Crippen molar-refractivity contribution in [2.45, 2.75) is 6.92 Å². The van der Waals surface area contributed by atoms with Gasteiger partial charge in [0.25, 0.3) is 0 Å².